The van der Waals surface area contributed by atoms with Gasteiger partial charge in [0.25, 0.3) is 0 Å². The summed E-state index contributed by atoms with van der Waals surface area (Å²) in [7, 11) is 0. The highest BCUT2D eigenvalue weighted by molar-refractivity contribution is 6.05. The molecule has 2 aromatic rings. The topological polar surface area (TPSA) is 76.5 Å². The second-order valence-corrected chi connectivity index (χ2v) is 6.93. The molecule has 0 bridgehead atoms. The number of piperidine rings is 1. The first kappa shape index (κ1) is 21.5. The van der Waals surface area contributed by atoms with Crippen LogP contribution in [0.15, 0.2) is 47.4 Å². The van der Waals surface area contributed by atoms with Crippen LogP contribution in [0.1, 0.15) is 37.3 Å². The zero-order valence-electron chi connectivity index (χ0n) is 16.4. The van der Waals surface area contributed by atoms with Gasteiger partial charge in [-0.2, -0.15) is 13.2 Å². The molecule has 6 nitrogen and oxygen atoms in total. The Morgan fingerprint density at radius 3 is 2.53 bits per heavy atom. The van der Waals surface area contributed by atoms with Crippen molar-refractivity contribution in [2.75, 3.05) is 6.54 Å². The molecule has 1 atom stereocenters. The SMILES string of the molecule is Cc1nc(C(F)(F)F)cn1C(C)C(=O)N1CCCC(=Nc2ccc(F)cc2)C1=CN. The summed E-state index contributed by atoms with van der Waals surface area (Å²) in [5.74, 6) is -0.733. The third-order valence-corrected chi connectivity index (χ3v) is 4.88. The molecule has 1 aromatic heterocycles. The van der Waals surface area contributed by atoms with Gasteiger partial charge in [0.05, 0.1) is 17.1 Å². The van der Waals surface area contributed by atoms with E-state index in [1.165, 1.54) is 53.8 Å². The van der Waals surface area contributed by atoms with E-state index in [9.17, 15) is 22.4 Å². The van der Waals surface area contributed by atoms with Gasteiger partial charge in [-0.25, -0.2) is 9.37 Å². The van der Waals surface area contributed by atoms with Crippen molar-refractivity contribution in [1.29, 1.82) is 0 Å². The minimum absolute atomic E-state index is 0.0821. The number of benzene rings is 1. The van der Waals surface area contributed by atoms with Gasteiger partial charge in [0, 0.05) is 18.9 Å². The second-order valence-electron chi connectivity index (χ2n) is 6.93. The van der Waals surface area contributed by atoms with E-state index >= 15 is 0 Å². The molecule has 2 N–H and O–H groups in total. The quantitative estimate of drug-likeness (QED) is 0.755. The number of alkyl halides is 3. The molecular weight excluding hydrogens is 402 g/mol. The predicted molar refractivity (Wildman–Crippen MR) is 103 cm³/mol. The molecule has 1 fully saturated rings. The predicted octanol–water partition coefficient (Wildman–Crippen LogP) is 4.11. The summed E-state index contributed by atoms with van der Waals surface area (Å²) in [6.45, 7) is 3.28. The van der Waals surface area contributed by atoms with Crippen LogP contribution in [0.25, 0.3) is 0 Å². The summed E-state index contributed by atoms with van der Waals surface area (Å²) >= 11 is 0. The lowest BCUT2D eigenvalue weighted by Gasteiger charge is -2.33. The van der Waals surface area contributed by atoms with Gasteiger partial charge in [-0.1, -0.05) is 0 Å². The molecule has 1 aliphatic rings. The van der Waals surface area contributed by atoms with Crippen molar-refractivity contribution in [2.24, 2.45) is 10.7 Å². The Labute approximate surface area is 170 Å². The van der Waals surface area contributed by atoms with E-state index in [1.54, 1.807) is 0 Å². The van der Waals surface area contributed by atoms with Crippen LogP contribution in [0.5, 0.6) is 0 Å². The second kappa shape index (κ2) is 8.29. The van der Waals surface area contributed by atoms with Gasteiger partial charge in [0.15, 0.2) is 5.69 Å². The molecule has 160 valence electrons. The standard InChI is InChI=1S/C20H21F4N5O/c1-12(29-11-18(20(22,23)24)26-13(29)2)19(30)28-9-3-4-16(17(28)10-25)27-15-7-5-14(21)6-8-15/h5-8,10-12H,3-4,9,25H2,1-2H3. The van der Waals surface area contributed by atoms with Gasteiger partial charge in [-0.3, -0.25) is 9.79 Å². The highest BCUT2D eigenvalue weighted by Gasteiger charge is 2.36. The van der Waals surface area contributed by atoms with E-state index in [0.29, 0.717) is 36.5 Å². The number of hydrogen-bond acceptors (Lipinski definition) is 4. The number of nitrogens with zero attached hydrogens (tertiary/aromatic N) is 4. The van der Waals surface area contributed by atoms with Crippen LogP contribution < -0.4 is 5.73 Å². The maximum Gasteiger partial charge on any atom is 0.434 e. The number of aliphatic imine (C=N–C) groups is 1. The van der Waals surface area contributed by atoms with Crippen molar-refractivity contribution in [1.82, 2.24) is 14.5 Å². The third-order valence-electron chi connectivity index (χ3n) is 4.88. The number of likely N-dealkylation sites (tertiary alicyclic amines) is 1. The average molecular weight is 423 g/mol. The summed E-state index contributed by atoms with van der Waals surface area (Å²) in [5.41, 5.74) is 6.16. The normalized spacial score (nSPS) is 18.8. The molecule has 1 aliphatic heterocycles. The molecular formula is C20H21F4N5O. The van der Waals surface area contributed by atoms with Gasteiger partial charge < -0.3 is 15.2 Å². The first-order chi connectivity index (χ1) is 14.1. The molecule has 1 aromatic carbocycles. The van der Waals surface area contributed by atoms with E-state index in [4.69, 9.17) is 5.73 Å². The zero-order chi connectivity index (χ0) is 22.1. The van der Waals surface area contributed by atoms with E-state index in [-0.39, 0.29) is 5.82 Å². The van der Waals surface area contributed by atoms with Gasteiger partial charge in [0.2, 0.25) is 5.91 Å². The number of nitrogens with two attached hydrogens (primary N) is 1. The number of rotatable bonds is 3. The van der Waals surface area contributed by atoms with Gasteiger partial charge >= 0.3 is 6.18 Å². The van der Waals surface area contributed by atoms with Crippen LogP contribution in [0.2, 0.25) is 0 Å². The molecule has 1 saturated heterocycles. The Morgan fingerprint density at radius 2 is 1.97 bits per heavy atom. The van der Waals surface area contributed by atoms with Gasteiger partial charge in [0.1, 0.15) is 17.7 Å². The highest BCUT2D eigenvalue weighted by Crippen LogP contribution is 2.30. The van der Waals surface area contributed by atoms with E-state index in [1.807, 2.05) is 0 Å². The van der Waals surface area contributed by atoms with Gasteiger partial charge in [-0.15, -0.1) is 0 Å². The van der Waals surface area contributed by atoms with E-state index in [0.717, 1.165) is 6.20 Å². The lowest BCUT2D eigenvalue weighted by molar-refractivity contribution is -0.141. The number of amides is 1. The number of aryl methyl sites for hydroxylation is 1. The Hall–Kier alpha value is -3.17. The summed E-state index contributed by atoms with van der Waals surface area (Å²) in [6, 6.07) is 4.65. The Balaban J connectivity index is 1.88. The Bertz CT molecular complexity index is 992. The summed E-state index contributed by atoms with van der Waals surface area (Å²) in [6.07, 6.45) is -1.34. The lowest BCUT2D eigenvalue weighted by atomic mass is 10.0. The average Bonchev–Trinajstić information content (AvgIpc) is 3.10. The first-order valence-electron chi connectivity index (χ1n) is 9.31. The summed E-state index contributed by atoms with van der Waals surface area (Å²) in [4.78, 5) is 22.5. The molecule has 2 heterocycles. The van der Waals surface area contributed by atoms with Crippen molar-refractivity contribution in [2.45, 2.75) is 38.9 Å². The number of carbonyl (C=O) groups excluding carboxylic acids is 1. The minimum Gasteiger partial charge on any atom is -0.403 e. The fourth-order valence-corrected chi connectivity index (χ4v) is 3.37. The number of hydrogen-bond donors (Lipinski definition) is 1. The fourth-order valence-electron chi connectivity index (χ4n) is 3.37. The zero-order valence-corrected chi connectivity index (χ0v) is 16.4. The Kier molecular flexibility index (Phi) is 5.95. The lowest BCUT2D eigenvalue weighted by Crippen LogP contribution is -2.42. The molecule has 3 rings (SSSR count). The van der Waals surface area contributed by atoms with Crippen molar-refractivity contribution in [3.8, 4) is 0 Å². The van der Waals surface area contributed by atoms with E-state index < -0.39 is 29.6 Å². The maximum atomic E-state index is 13.1. The first-order valence-corrected chi connectivity index (χ1v) is 9.31. The van der Waals surface area contributed by atoms with Crippen molar-refractivity contribution in [3.05, 3.63) is 59.7 Å². The largest absolute Gasteiger partial charge is 0.434 e. The molecule has 0 radical (unpaired) electrons. The molecule has 0 aliphatic carbocycles. The molecule has 1 amide bonds. The fraction of sp³-hybridized carbons (Fsp3) is 0.350. The Morgan fingerprint density at radius 1 is 1.30 bits per heavy atom. The number of allylic oxidation sites excluding steroid dienone is 1. The summed E-state index contributed by atoms with van der Waals surface area (Å²) < 4.78 is 53.2. The monoisotopic (exact) mass is 423 g/mol. The highest BCUT2D eigenvalue weighted by atomic mass is 19.4. The molecule has 30 heavy (non-hydrogen) atoms. The van der Waals surface area contributed by atoms with Crippen LogP contribution in [-0.2, 0) is 11.0 Å². The van der Waals surface area contributed by atoms with Crippen molar-refractivity contribution >= 4 is 17.3 Å². The molecule has 1 unspecified atom stereocenters. The smallest absolute Gasteiger partial charge is 0.403 e. The number of halogens is 4. The van der Waals surface area contributed by atoms with Crippen LogP contribution in [0, 0.1) is 12.7 Å². The van der Waals surface area contributed by atoms with Crippen molar-refractivity contribution in [3.63, 3.8) is 0 Å². The van der Waals surface area contributed by atoms with Crippen LogP contribution in [-0.4, -0.2) is 32.6 Å². The van der Waals surface area contributed by atoms with Crippen LogP contribution in [0.3, 0.4) is 0 Å². The molecule has 0 saturated carbocycles. The number of carbonyl (C=O) groups is 1. The molecule has 0 spiro atoms. The maximum absolute atomic E-state index is 13.1. The van der Waals surface area contributed by atoms with Crippen molar-refractivity contribution < 1.29 is 22.4 Å². The third kappa shape index (κ3) is 4.37. The van der Waals surface area contributed by atoms with Crippen LogP contribution >= 0.6 is 0 Å². The number of aromatic nitrogens is 2. The van der Waals surface area contributed by atoms with Gasteiger partial charge in [-0.05, 0) is 51.0 Å². The molecule has 10 heteroatoms. The summed E-state index contributed by atoms with van der Waals surface area (Å²) in [5, 5.41) is 0. The minimum atomic E-state index is -4.60. The number of imidazole rings is 1. The van der Waals surface area contributed by atoms with Crippen LogP contribution in [0.4, 0.5) is 23.2 Å². The van der Waals surface area contributed by atoms with E-state index in [2.05, 4.69) is 9.98 Å².